The molecule has 8 nitrogen and oxygen atoms in total. The molecule has 0 bridgehead atoms. The Kier molecular flexibility index (Phi) is 6.80. The lowest BCUT2D eigenvalue weighted by Crippen LogP contribution is -2.25. The summed E-state index contributed by atoms with van der Waals surface area (Å²) in [5, 5.41) is 21.1. The fraction of sp³-hybridized carbons (Fsp3) is 0.214. The van der Waals surface area contributed by atoms with Crippen LogP contribution in [0.25, 0.3) is 0 Å². The number of aliphatic carboxylic acids is 1. The highest BCUT2D eigenvalue weighted by Crippen LogP contribution is 2.29. The topological polar surface area (TPSA) is 128 Å². The second-order valence-corrected chi connectivity index (χ2v) is 6.47. The van der Waals surface area contributed by atoms with Crippen molar-refractivity contribution < 1.29 is 14.7 Å². The van der Waals surface area contributed by atoms with Crippen molar-refractivity contribution in [1.29, 1.82) is 0 Å². The maximum atomic E-state index is 11.9. The summed E-state index contributed by atoms with van der Waals surface area (Å²) in [6, 6.07) is 4.84. The Morgan fingerprint density at radius 1 is 1.28 bits per heavy atom. The van der Waals surface area contributed by atoms with E-state index in [-0.39, 0.29) is 40.4 Å². The Morgan fingerprint density at radius 3 is 2.72 bits per heavy atom. The number of nitrogens with zero attached hydrogens (tertiary/aromatic N) is 2. The zero-order valence-corrected chi connectivity index (χ0v) is 14.9. The molecule has 0 saturated carbocycles. The van der Waals surface area contributed by atoms with Gasteiger partial charge < -0.3 is 15.2 Å². The van der Waals surface area contributed by atoms with Crippen LogP contribution in [0.1, 0.15) is 12.1 Å². The van der Waals surface area contributed by atoms with Gasteiger partial charge >= 0.3 is 0 Å². The van der Waals surface area contributed by atoms with E-state index in [9.17, 15) is 19.5 Å². The average Bonchev–Trinajstić information content (AvgIpc) is 2.56. The summed E-state index contributed by atoms with van der Waals surface area (Å²) in [6.07, 6.45) is -0.406. The van der Waals surface area contributed by atoms with Crippen molar-refractivity contribution in [2.45, 2.75) is 18.0 Å². The van der Waals surface area contributed by atoms with Crippen LogP contribution in [0, 0.1) is 0 Å². The maximum absolute atomic E-state index is 11.9. The first-order chi connectivity index (χ1) is 11.9. The molecule has 132 valence electrons. The van der Waals surface area contributed by atoms with Crippen molar-refractivity contribution in [3.63, 3.8) is 0 Å². The van der Waals surface area contributed by atoms with E-state index in [0.29, 0.717) is 10.7 Å². The van der Waals surface area contributed by atoms with Crippen LogP contribution < -0.4 is 16.0 Å². The zero-order chi connectivity index (χ0) is 18.4. The van der Waals surface area contributed by atoms with Crippen LogP contribution in [0.15, 0.2) is 28.2 Å². The predicted molar refractivity (Wildman–Crippen MR) is 91.8 cm³/mol. The average molecular weight is 402 g/mol. The van der Waals surface area contributed by atoms with Gasteiger partial charge in [0, 0.05) is 12.4 Å². The summed E-state index contributed by atoms with van der Waals surface area (Å²) in [5.41, 5.74) is -0.197. The van der Waals surface area contributed by atoms with Gasteiger partial charge in [0.1, 0.15) is 5.69 Å². The molecule has 1 amide bonds. The van der Waals surface area contributed by atoms with Crippen molar-refractivity contribution in [3.8, 4) is 0 Å². The quantitative estimate of drug-likeness (QED) is 0.658. The summed E-state index contributed by atoms with van der Waals surface area (Å²) in [6.45, 7) is 0. The van der Waals surface area contributed by atoms with Crippen LogP contribution in [-0.4, -0.2) is 32.8 Å². The van der Waals surface area contributed by atoms with Gasteiger partial charge in [-0.25, -0.2) is 0 Å². The zero-order valence-electron chi connectivity index (χ0n) is 12.5. The number of benzene rings is 1. The fourth-order valence-electron chi connectivity index (χ4n) is 1.71. The van der Waals surface area contributed by atoms with E-state index < -0.39 is 11.5 Å². The first kappa shape index (κ1) is 19.2. The van der Waals surface area contributed by atoms with Gasteiger partial charge in [0.2, 0.25) is 5.91 Å². The van der Waals surface area contributed by atoms with Crippen LogP contribution in [0.4, 0.5) is 5.69 Å². The predicted octanol–water partition coefficient (Wildman–Crippen LogP) is 0.885. The Labute approximate surface area is 155 Å². The number of hydrogen-bond donors (Lipinski definition) is 2. The van der Waals surface area contributed by atoms with Gasteiger partial charge in [-0.1, -0.05) is 41.0 Å². The number of thioether (sulfide) groups is 1. The van der Waals surface area contributed by atoms with E-state index in [0.717, 1.165) is 11.8 Å². The monoisotopic (exact) mass is 401 g/mol. The van der Waals surface area contributed by atoms with Crippen LogP contribution in [0.2, 0.25) is 10.0 Å². The minimum atomic E-state index is -1.28. The molecular formula is C14H11Cl2N4O4S-. The first-order valence-corrected chi connectivity index (χ1v) is 8.63. The number of aryl methyl sites for hydroxylation is 1. The number of hydrogen-bond acceptors (Lipinski definition) is 7. The largest absolute Gasteiger partial charge is 0.550 e. The van der Waals surface area contributed by atoms with Gasteiger partial charge in [-0.15, -0.1) is 10.2 Å². The van der Waals surface area contributed by atoms with E-state index in [1.807, 2.05) is 0 Å². The van der Waals surface area contributed by atoms with Crippen LogP contribution >= 0.6 is 35.0 Å². The summed E-state index contributed by atoms with van der Waals surface area (Å²) >= 11 is 12.8. The van der Waals surface area contributed by atoms with E-state index in [1.165, 1.54) is 0 Å². The van der Waals surface area contributed by atoms with Crippen LogP contribution in [0.3, 0.4) is 0 Å². The Bertz CT molecular complexity index is 859. The molecule has 25 heavy (non-hydrogen) atoms. The van der Waals surface area contributed by atoms with Crippen LogP contribution in [-0.2, 0) is 16.0 Å². The van der Waals surface area contributed by atoms with Crippen molar-refractivity contribution in [1.82, 2.24) is 15.2 Å². The molecule has 2 N–H and O–H groups in total. The minimum absolute atomic E-state index is 0.0105. The molecule has 0 atom stereocenters. The van der Waals surface area contributed by atoms with E-state index >= 15 is 0 Å². The Hall–Kier alpha value is -2.10. The molecule has 0 spiro atoms. The van der Waals surface area contributed by atoms with Crippen molar-refractivity contribution in [3.05, 3.63) is 44.3 Å². The number of aromatic nitrogens is 3. The highest BCUT2D eigenvalue weighted by atomic mass is 35.5. The summed E-state index contributed by atoms with van der Waals surface area (Å²) < 4.78 is 0. The molecular weight excluding hydrogens is 391 g/mol. The number of anilines is 1. The highest BCUT2D eigenvalue weighted by Gasteiger charge is 2.11. The number of amides is 1. The van der Waals surface area contributed by atoms with Crippen molar-refractivity contribution in [2.75, 3.05) is 11.1 Å². The lowest BCUT2D eigenvalue weighted by atomic mass is 10.2. The molecule has 2 rings (SSSR count). The molecule has 0 unspecified atom stereocenters. The normalized spacial score (nSPS) is 10.5. The molecule has 11 heteroatoms. The molecule has 0 aliphatic carbocycles. The second kappa shape index (κ2) is 8.84. The maximum Gasteiger partial charge on any atom is 0.273 e. The van der Waals surface area contributed by atoms with Gasteiger partial charge in [-0.05, 0) is 18.6 Å². The van der Waals surface area contributed by atoms with E-state index in [2.05, 4.69) is 20.5 Å². The molecule has 0 aliphatic heterocycles. The standard InChI is InChI=1S/C14H12Cl2N4O4S/c15-7-2-1-3-8(12(7)16)17-10(21)6-25-14-18-13(24)9(19-20-14)4-5-11(22)23/h1-3H,4-6H2,(H,17,21)(H,22,23)(H,18,20,24)/p-1. The molecule has 1 aromatic heterocycles. The number of aromatic amines is 1. The number of carboxylic acids is 1. The summed E-state index contributed by atoms with van der Waals surface area (Å²) in [4.78, 5) is 36.5. The molecule has 0 radical (unpaired) electrons. The second-order valence-electron chi connectivity index (χ2n) is 4.72. The molecule has 0 saturated heterocycles. The highest BCUT2D eigenvalue weighted by molar-refractivity contribution is 7.99. The summed E-state index contributed by atoms with van der Waals surface area (Å²) in [7, 11) is 0. The third-order valence-corrected chi connectivity index (χ3v) is 4.56. The smallest absolute Gasteiger partial charge is 0.273 e. The molecule has 2 aromatic rings. The first-order valence-electron chi connectivity index (χ1n) is 6.89. The number of carbonyl (C=O) groups excluding carboxylic acids is 2. The fourth-order valence-corrected chi connectivity index (χ4v) is 2.67. The number of carbonyl (C=O) groups is 2. The van der Waals surface area contributed by atoms with Gasteiger partial charge in [0.15, 0.2) is 5.16 Å². The van der Waals surface area contributed by atoms with Crippen molar-refractivity contribution >= 4 is 52.5 Å². The van der Waals surface area contributed by atoms with Crippen LogP contribution in [0.5, 0.6) is 0 Å². The molecule has 0 aliphatic rings. The minimum Gasteiger partial charge on any atom is -0.550 e. The number of halogens is 2. The van der Waals surface area contributed by atoms with Gasteiger partial charge in [0.25, 0.3) is 5.56 Å². The number of rotatable bonds is 7. The van der Waals surface area contributed by atoms with Crippen molar-refractivity contribution in [2.24, 2.45) is 0 Å². The van der Waals surface area contributed by atoms with Gasteiger partial charge in [-0.2, -0.15) is 0 Å². The number of carboxylic acid groups (broad SMARTS) is 1. The Morgan fingerprint density at radius 2 is 2.04 bits per heavy atom. The third kappa shape index (κ3) is 5.73. The van der Waals surface area contributed by atoms with E-state index in [1.54, 1.807) is 18.2 Å². The lowest BCUT2D eigenvalue weighted by molar-refractivity contribution is -0.305. The van der Waals surface area contributed by atoms with E-state index in [4.69, 9.17) is 23.2 Å². The van der Waals surface area contributed by atoms with Gasteiger partial charge in [0.05, 0.1) is 21.5 Å². The molecule has 1 heterocycles. The summed E-state index contributed by atoms with van der Waals surface area (Å²) in [5.74, 6) is -1.71. The lowest BCUT2D eigenvalue weighted by Gasteiger charge is -2.07. The molecule has 0 fully saturated rings. The Balaban J connectivity index is 1.93. The molecule has 1 aromatic carbocycles. The third-order valence-electron chi connectivity index (χ3n) is 2.88. The number of nitrogens with one attached hydrogen (secondary N) is 2. The number of H-pyrrole nitrogens is 1. The van der Waals surface area contributed by atoms with Gasteiger partial charge in [-0.3, -0.25) is 14.6 Å². The SMILES string of the molecule is O=C([O-])CCc1nnc(SCC(=O)Nc2cccc(Cl)c2Cl)[nH]c1=O.